The van der Waals surface area contributed by atoms with E-state index in [1.165, 1.54) is 283 Å². The van der Waals surface area contributed by atoms with Crippen LogP contribution in [0.1, 0.15) is 406 Å². The highest BCUT2D eigenvalue weighted by molar-refractivity contribution is 5.71. The van der Waals surface area contributed by atoms with Crippen LogP contribution in [0.4, 0.5) is 0 Å². The van der Waals surface area contributed by atoms with Crippen molar-refractivity contribution < 1.29 is 28.6 Å². The largest absolute Gasteiger partial charge is 0.462 e. The minimum Gasteiger partial charge on any atom is -0.462 e. The molecule has 0 bridgehead atoms. The lowest BCUT2D eigenvalue weighted by molar-refractivity contribution is -0.167. The normalized spacial score (nSPS) is 12.3. The van der Waals surface area contributed by atoms with Gasteiger partial charge in [-0.15, -0.1) is 0 Å². The van der Waals surface area contributed by atoms with Crippen molar-refractivity contribution in [3.8, 4) is 0 Å². The van der Waals surface area contributed by atoms with E-state index in [0.717, 1.165) is 83.5 Å². The number of carbonyl (C=O) groups is 3. The predicted octanol–water partition coefficient (Wildman–Crippen LogP) is 25.7. The number of hydrogen-bond acceptors (Lipinski definition) is 6. The van der Waals surface area contributed by atoms with Crippen LogP contribution in [0.25, 0.3) is 0 Å². The minimum absolute atomic E-state index is 0.0780. The fourth-order valence-electron chi connectivity index (χ4n) is 11.3. The zero-order chi connectivity index (χ0) is 59.9. The smallest absolute Gasteiger partial charge is 0.306 e. The van der Waals surface area contributed by atoms with Crippen LogP contribution in [0.3, 0.4) is 0 Å². The van der Waals surface area contributed by atoms with Crippen LogP contribution in [0.5, 0.6) is 0 Å². The third-order valence-corrected chi connectivity index (χ3v) is 16.8. The molecule has 6 nitrogen and oxygen atoms in total. The molecule has 0 aliphatic heterocycles. The molecule has 0 spiro atoms. The van der Waals surface area contributed by atoms with E-state index in [1.807, 2.05) is 0 Å². The molecular formula is C77H142O6. The fourth-order valence-corrected chi connectivity index (χ4v) is 11.3. The lowest BCUT2D eigenvalue weighted by Gasteiger charge is -2.18. The molecule has 0 aromatic heterocycles. The van der Waals surface area contributed by atoms with Crippen molar-refractivity contribution >= 4 is 17.9 Å². The number of hydrogen-bond donors (Lipinski definition) is 0. The van der Waals surface area contributed by atoms with Crippen LogP contribution >= 0.6 is 0 Å². The Labute approximate surface area is 518 Å². The number of unbranched alkanes of at least 4 members (excludes halogenated alkanes) is 50. The van der Waals surface area contributed by atoms with Crippen LogP contribution in [0.2, 0.25) is 0 Å². The summed E-state index contributed by atoms with van der Waals surface area (Å²) in [7, 11) is 0. The molecule has 6 heteroatoms. The highest BCUT2D eigenvalue weighted by Gasteiger charge is 2.19. The highest BCUT2D eigenvalue weighted by Crippen LogP contribution is 2.19. The summed E-state index contributed by atoms with van der Waals surface area (Å²) in [5, 5.41) is 0. The first-order valence-corrected chi connectivity index (χ1v) is 37.1. The summed E-state index contributed by atoms with van der Waals surface area (Å²) in [5.74, 6) is -0.881. The second-order valence-corrected chi connectivity index (χ2v) is 25.2. The molecule has 0 rings (SSSR count). The molecule has 486 valence electrons. The van der Waals surface area contributed by atoms with Crippen LogP contribution in [-0.2, 0) is 28.6 Å². The number of esters is 3. The monoisotopic (exact) mass is 1160 g/mol. The lowest BCUT2D eigenvalue weighted by atomic mass is 10.0. The van der Waals surface area contributed by atoms with Gasteiger partial charge in [0.2, 0.25) is 0 Å². The van der Waals surface area contributed by atoms with E-state index in [-0.39, 0.29) is 31.1 Å². The molecule has 0 fully saturated rings. The summed E-state index contributed by atoms with van der Waals surface area (Å²) in [6, 6.07) is 0. The maximum Gasteiger partial charge on any atom is 0.306 e. The van der Waals surface area contributed by atoms with Gasteiger partial charge in [-0.25, -0.2) is 0 Å². The van der Waals surface area contributed by atoms with Gasteiger partial charge in [-0.05, 0) is 77.0 Å². The molecule has 1 atom stereocenters. The summed E-state index contributed by atoms with van der Waals surface area (Å²) in [5.41, 5.74) is 0. The number of carbonyl (C=O) groups excluding carboxylic acids is 3. The molecule has 0 saturated carbocycles. The number of rotatable bonds is 69. The van der Waals surface area contributed by atoms with Gasteiger partial charge in [0.05, 0.1) is 0 Å². The summed E-state index contributed by atoms with van der Waals surface area (Å²) in [6.45, 7) is 6.58. The number of ether oxygens (including phenoxy) is 3. The van der Waals surface area contributed by atoms with Gasteiger partial charge in [0.25, 0.3) is 0 Å². The van der Waals surface area contributed by atoms with Crippen molar-refractivity contribution in [2.24, 2.45) is 0 Å². The standard InChI is InChI=1S/C77H142O6/c1-4-7-10-13-16-19-22-25-27-29-31-33-35-37-38-40-41-43-45-47-49-52-55-58-61-64-67-70-76(79)82-73-74(72-81-75(78)69-66-63-60-57-54-51-24-21-18-15-12-9-6-3)83-77(80)71-68-65-62-59-56-53-50-48-46-44-42-39-36-34-32-30-28-26-23-20-17-14-11-8-5-2/h9,12,18,21,30,32,51,54,74H,4-8,10-11,13-17,19-20,22-29,31,33-50,52-53,55-73H2,1-3H3/b12-9-,21-18-,32-30-,54-51-. The highest BCUT2D eigenvalue weighted by atomic mass is 16.6. The Kier molecular flexibility index (Phi) is 69.6. The quantitative estimate of drug-likeness (QED) is 0.0261. The van der Waals surface area contributed by atoms with Gasteiger partial charge < -0.3 is 14.2 Å². The molecule has 1 unspecified atom stereocenters. The van der Waals surface area contributed by atoms with Gasteiger partial charge in [-0.2, -0.15) is 0 Å². The topological polar surface area (TPSA) is 78.9 Å². The molecule has 0 saturated heterocycles. The van der Waals surface area contributed by atoms with Gasteiger partial charge >= 0.3 is 17.9 Å². The van der Waals surface area contributed by atoms with Crippen LogP contribution in [0.15, 0.2) is 48.6 Å². The van der Waals surface area contributed by atoms with Gasteiger partial charge in [-0.1, -0.05) is 358 Å². The number of allylic oxidation sites excluding steroid dienone is 8. The summed E-state index contributed by atoms with van der Waals surface area (Å²) < 4.78 is 17.0. The van der Waals surface area contributed by atoms with Crippen molar-refractivity contribution in [1.82, 2.24) is 0 Å². The van der Waals surface area contributed by atoms with Gasteiger partial charge in [0.1, 0.15) is 13.2 Å². The SMILES string of the molecule is CC/C=C\C/C=C\C/C=C\CCCCCC(=O)OCC(COC(=O)CCCCCCCCCCCCCCCCCCCCCCCCCCCCC)OC(=O)CCCCCCCCCCCCCCC/C=C\CCCCCCCCCC. The van der Waals surface area contributed by atoms with E-state index >= 15 is 0 Å². The molecule has 83 heavy (non-hydrogen) atoms. The second kappa shape index (κ2) is 71.8. The molecular weight excluding hydrogens is 1020 g/mol. The zero-order valence-electron chi connectivity index (χ0n) is 56.0. The molecule has 0 N–H and O–H groups in total. The Balaban J connectivity index is 4.20. The summed E-state index contributed by atoms with van der Waals surface area (Å²) in [6.07, 6.45) is 91.7. The Bertz CT molecular complexity index is 1430. The Morgan fingerprint density at radius 2 is 0.470 bits per heavy atom. The Hall–Kier alpha value is -2.63. The first-order chi connectivity index (χ1) is 41.0. The molecule has 0 heterocycles. The first kappa shape index (κ1) is 80.4. The van der Waals surface area contributed by atoms with Crippen molar-refractivity contribution in [2.75, 3.05) is 13.2 Å². The van der Waals surface area contributed by atoms with Gasteiger partial charge in [0, 0.05) is 19.3 Å². The van der Waals surface area contributed by atoms with Crippen LogP contribution in [-0.4, -0.2) is 37.2 Å². The lowest BCUT2D eigenvalue weighted by Crippen LogP contribution is -2.30. The molecule has 0 radical (unpaired) electrons. The Morgan fingerprint density at radius 1 is 0.253 bits per heavy atom. The molecule has 0 aliphatic rings. The minimum atomic E-state index is -0.785. The van der Waals surface area contributed by atoms with E-state index in [1.54, 1.807) is 0 Å². The van der Waals surface area contributed by atoms with E-state index in [4.69, 9.17) is 14.2 Å². The van der Waals surface area contributed by atoms with E-state index in [0.29, 0.717) is 19.3 Å². The summed E-state index contributed by atoms with van der Waals surface area (Å²) >= 11 is 0. The van der Waals surface area contributed by atoms with Crippen molar-refractivity contribution in [1.29, 1.82) is 0 Å². The van der Waals surface area contributed by atoms with E-state index < -0.39 is 6.10 Å². The average molecular weight is 1160 g/mol. The molecule has 0 aliphatic carbocycles. The third kappa shape index (κ3) is 70.0. The maximum absolute atomic E-state index is 13.0. The van der Waals surface area contributed by atoms with Crippen LogP contribution < -0.4 is 0 Å². The van der Waals surface area contributed by atoms with Crippen molar-refractivity contribution in [3.63, 3.8) is 0 Å². The second-order valence-electron chi connectivity index (χ2n) is 25.2. The zero-order valence-corrected chi connectivity index (χ0v) is 56.0. The van der Waals surface area contributed by atoms with Crippen LogP contribution in [0, 0.1) is 0 Å². The average Bonchev–Trinajstić information content (AvgIpc) is 3.49. The van der Waals surface area contributed by atoms with Crippen molar-refractivity contribution in [2.45, 2.75) is 412 Å². The first-order valence-electron chi connectivity index (χ1n) is 37.1. The predicted molar refractivity (Wildman–Crippen MR) is 362 cm³/mol. The third-order valence-electron chi connectivity index (χ3n) is 16.8. The van der Waals surface area contributed by atoms with Crippen molar-refractivity contribution in [3.05, 3.63) is 48.6 Å². The Morgan fingerprint density at radius 3 is 0.759 bits per heavy atom. The van der Waals surface area contributed by atoms with Gasteiger partial charge in [0.15, 0.2) is 6.10 Å². The van der Waals surface area contributed by atoms with E-state index in [2.05, 4.69) is 69.4 Å². The molecule has 0 aromatic rings. The van der Waals surface area contributed by atoms with Gasteiger partial charge in [-0.3, -0.25) is 14.4 Å². The summed E-state index contributed by atoms with van der Waals surface area (Å²) in [4.78, 5) is 38.4. The molecule has 0 amide bonds. The maximum atomic E-state index is 13.0. The molecule has 0 aromatic carbocycles. The fraction of sp³-hybridized carbons (Fsp3) is 0.857. The van der Waals surface area contributed by atoms with E-state index in [9.17, 15) is 14.4 Å².